The van der Waals surface area contributed by atoms with Crippen molar-refractivity contribution in [3.05, 3.63) is 35.1 Å². The molecule has 0 amide bonds. The van der Waals surface area contributed by atoms with Crippen molar-refractivity contribution in [2.75, 3.05) is 19.8 Å². The highest BCUT2D eigenvalue weighted by molar-refractivity contribution is 6.32. The molecule has 0 saturated carbocycles. The predicted octanol–water partition coefficient (Wildman–Crippen LogP) is 1.88. The zero-order chi connectivity index (χ0) is 14.5. The smallest absolute Gasteiger partial charge is 0.179 e. The summed E-state index contributed by atoms with van der Waals surface area (Å²) in [6.07, 6.45) is 4.38. The first kappa shape index (κ1) is 14.2. The molecule has 1 aliphatic rings. The topological polar surface area (TPSA) is 61.2 Å². The summed E-state index contributed by atoms with van der Waals surface area (Å²) in [6, 6.07) is 3.90. The molecule has 2 aromatic rings. The molecule has 0 saturated heterocycles. The number of rotatable bonds is 5. The molecule has 0 unspecified atom stereocenters. The Balaban J connectivity index is 1.58. The summed E-state index contributed by atoms with van der Waals surface area (Å²) in [5, 5.41) is 11.6. The summed E-state index contributed by atoms with van der Waals surface area (Å²) in [5.74, 6) is 1.38. The van der Waals surface area contributed by atoms with Crippen LogP contribution in [0.5, 0.6) is 11.5 Å². The van der Waals surface area contributed by atoms with Gasteiger partial charge in [-0.15, -0.1) is 5.10 Å². The molecular weight excluding hydrogens is 292 g/mol. The molecular formula is C14H17ClN4O2. The average Bonchev–Trinajstić information content (AvgIpc) is 2.87. The molecule has 0 fully saturated rings. The van der Waals surface area contributed by atoms with Gasteiger partial charge < -0.3 is 14.8 Å². The summed E-state index contributed by atoms with van der Waals surface area (Å²) in [5.41, 5.74) is 1.07. The van der Waals surface area contributed by atoms with E-state index in [9.17, 15) is 0 Å². The Bertz CT molecular complexity index is 589. The molecule has 0 spiro atoms. The molecule has 3 rings (SSSR count). The van der Waals surface area contributed by atoms with Gasteiger partial charge in [-0.05, 0) is 17.7 Å². The monoisotopic (exact) mass is 308 g/mol. The summed E-state index contributed by atoms with van der Waals surface area (Å²) >= 11 is 6.26. The largest absolute Gasteiger partial charge is 0.489 e. The highest BCUT2D eigenvalue weighted by Crippen LogP contribution is 2.37. The van der Waals surface area contributed by atoms with Gasteiger partial charge in [0.15, 0.2) is 11.5 Å². The lowest BCUT2D eigenvalue weighted by Crippen LogP contribution is -2.19. The SMILES string of the molecule is Clc1cc(CNCCn2ccnn2)cc2c1OCCCO2. The standard InChI is InChI=1S/C14H17ClN4O2/c15-12-8-11(9-13-14(12)21-7-1-6-20-13)10-16-2-4-19-5-3-17-18-19/h3,5,8-9,16H,1-2,4,6-7,10H2. The number of benzene rings is 1. The van der Waals surface area contributed by atoms with E-state index in [0.29, 0.717) is 30.5 Å². The average molecular weight is 309 g/mol. The fraction of sp³-hybridized carbons (Fsp3) is 0.429. The van der Waals surface area contributed by atoms with E-state index in [1.165, 1.54) is 0 Å². The molecule has 1 aromatic carbocycles. The van der Waals surface area contributed by atoms with E-state index in [0.717, 1.165) is 30.8 Å². The maximum Gasteiger partial charge on any atom is 0.179 e. The molecule has 0 radical (unpaired) electrons. The molecule has 7 heteroatoms. The van der Waals surface area contributed by atoms with Crippen LogP contribution in [0.4, 0.5) is 0 Å². The van der Waals surface area contributed by atoms with Gasteiger partial charge >= 0.3 is 0 Å². The van der Waals surface area contributed by atoms with E-state index in [1.54, 1.807) is 10.9 Å². The molecule has 0 bridgehead atoms. The van der Waals surface area contributed by atoms with Crippen molar-refractivity contribution in [2.24, 2.45) is 0 Å². The Kier molecular flexibility index (Phi) is 4.57. The minimum Gasteiger partial charge on any atom is -0.489 e. The van der Waals surface area contributed by atoms with Crippen molar-refractivity contribution in [3.63, 3.8) is 0 Å². The van der Waals surface area contributed by atoms with Gasteiger partial charge in [0.05, 0.1) is 31.0 Å². The Morgan fingerprint density at radius 1 is 1.29 bits per heavy atom. The second-order valence-corrected chi connectivity index (χ2v) is 5.21. The van der Waals surface area contributed by atoms with E-state index < -0.39 is 0 Å². The molecule has 1 aromatic heterocycles. The van der Waals surface area contributed by atoms with Crippen molar-refractivity contribution in [1.82, 2.24) is 20.3 Å². The fourth-order valence-corrected chi connectivity index (χ4v) is 2.45. The van der Waals surface area contributed by atoms with Crippen molar-refractivity contribution >= 4 is 11.6 Å². The molecule has 112 valence electrons. The van der Waals surface area contributed by atoms with E-state index >= 15 is 0 Å². The minimum absolute atomic E-state index is 0.600. The highest BCUT2D eigenvalue weighted by atomic mass is 35.5. The van der Waals surface area contributed by atoms with Crippen LogP contribution < -0.4 is 14.8 Å². The van der Waals surface area contributed by atoms with Crippen LogP contribution in [0, 0.1) is 0 Å². The van der Waals surface area contributed by atoms with E-state index in [-0.39, 0.29) is 0 Å². The van der Waals surface area contributed by atoms with E-state index in [2.05, 4.69) is 15.6 Å². The number of hydrogen-bond acceptors (Lipinski definition) is 5. The molecule has 1 N–H and O–H groups in total. The van der Waals surface area contributed by atoms with Gasteiger partial charge in [-0.25, -0.2) is 0 Å². The fourth-order valence-electron chi connectivity index (χ4n) is 2.16. The predicted molar refractivity (Wildman–Crippen MR) is 78.8 cm³/mol. The van der Waals surface area contributed by atoms with Gasteiger partial charge in [-0.3, -0.25) is 4.68 Å². The number of halogens is 1. The van der Waals surface area contributed by atoms with Gasteiger partial charge in [-0.2, -0.15) is 0 Å². The molecule has 2 heterocycles. The van der Waals surface area contributed by atoms with Crippen LogP contribution >= 0.6 is 11.6 Å². The summed E-state index contributed by atoms with van der Waals surface area (Å²) in [4.78, 5) is 0. The van der Waals surface area contributed by atoms with Gasteiger partial charge in [0.2, 0.25) is 0 Å². The quantitative estimate of drug-likeness (QED) is 0.855. The van der Waals surface area contributed by atoms with Crippen LogP contribution in [-0.2, 0) is 13.1 Å². The number of fused-ring (bicyclic) bond motifs is 1. The van der Waals surface area contributed by atoms with E-state index in [4.69, 9.17) is 21.1 Å². The third kappa shape index (κ3) is 3.65. The summed E-state index contributed by atoms with van der Waals surface area (Å²) in [7, 11) is 0. The number of ether oxygens (including phenoxy) is 2. The second-order valence-electron chi connectivity index (χ2n) is 4.80. The second kappa shape index (κ2) is 6.78. The van der Waals surface area contributed by atoms with Crippen LogP contribution in [0.2, 0.25) is 5.02 Å². The van der Waals surface area contributed by atoms with Crippen molar-refractivity contribution in [2.45, 2.75) is 19.5 Å². The van der Waals surface area contributed by atoms with Gasteiger partial charge in [-0.1, -0.05) is 16.8 Å². The van der Waals surface area contributed by atoms with Crippen molar-refractivity contribution in [1.29, 1.82) is 0 Å². The van der Waals surface area contributed by atoms with Crippen LogP contribution in [0.25, 0.3) is 0 Å². The van der Waals surface area contributed by atoms with Crippen LogP contribution in [0.3, 0.4) is 0 Å². The van der Waals surface area contributed by atoms with Crippen molar-refractivity contribution < 1.29 is 9.47 Å². The first-order valence-corrected chi connectivity index (χ1v) is 7.33. The molecule has 6 nitrogen and oxygen atoms in total. The normalized spacial score (nSPS) is 14.0. The number of aromatic nitrogens is 3. The van der Waals surface area contributed by atoms with Gasteiger partial charge in [0.1, 0.15) is 0 Å². The maximum absolute atomic E-state index is 6.26. The van der Waals surface area contributed by atoms with Crippen LogP contribution in [0.1, 0.15) is 12.0 Å². The zero-order valence-corrected chi connectivity index (χ0v) is 12.3. The molecule has 21 heavy (non-hydrogen) atoms. The van der Waals surface area contributed by atoms with Gasteiger partial charge in [0, 0.05) is 25.7 Å². The zero-order valence-electron chi connectivity index (χ0n) is 11.6. The first-order valence-electron chi connectivity index (χ1n) is 6.96. The maximum atomic E-state index is 6.26. The number of nitrogens with one attached hydrogen (secondary N) is 1. The molecule has 0 atom stereocenters. The summed E-state index contributed by atoms with van der Waals surface area (Å²) < 4.78 is 13.1. The number of hydrogen-bond donors (Lipinski definition) is 1. The van der Waals surface area contributed by atoms with Crippen LogP contribution in [-0.4, -0.2) is 34.8 Å². The molecule has 0 aliphatic carbocycles. The Morgan fingerprint density at radius 2 is 2.19 bits per heavy atom. The lowest BCUT2D eigenvalue weighted by molar-refractivity contribution is 0.297. The third-order valence-corrected chi connectivity index (χ3v) is 3.46. The Morgan fingerprint density at radius 3 is 3.05 bits per heavy atom. The van der Waals surface area contributed by atoms with Gasteiger partial charge in [0.25, 0.3) is 0 Å². The van der Waals surface area contributed by atoms with E-state index in [1.807, 2.05) is 18.3 Å². The van der Waals surface area contributed by atoms with Crippen molar-refractivity contribution in [3.8, 4) is 11.5 Å². The Hall–Kier alpha value is -1.79. The Labute approximate surface area is 128 Å². The minimum atomic E-state index is 0.600. The lowest BCUT2D eigenvalue weighted by Gasteiger charge is -2.12. The summed E-state index contributed by atoms with van der Waals surface area (Å²) in [6.45, 7) is 3.59. The van der Waals surface area contributed by atoms with Crippen LogP contribution in [0.15, 0.2) is 24.5 Å². The number of nitrogens with zero attached hydrogens (tertiary/aromatic N) is 3. The molecule has 1 aliphatic heterocycles. The highest BCUT2D eigenvalue weighted by Gasteiger charge is 2.15. The lowest BCUT2D eigenvalue weighted by atomic mass is 10.2. The third-order valence-electron chi connectivity index (χ3n) is 3.18. The first-order chi connectivity index (χ1) is 10.3.